The largest absolute Gasteiger partial charge is 0.486 e. The molecule has 682 valence electrons. The highest BCUT2D eigenvalue weighted by Crippen LogP contribution is 2.48. The van der Waals surface area contributed by atoms with Crippen LogP contribution in [-0.2, 0) is 162 Å². The maximum atomic E-state index is 12.8. The topological polar surface area (TPSA) is 483 Å². The molecule has 0 spiro atoms. The number of ether oxygens (including phenoxy) is 4. The number of amides is 7. The van der Waals surface area contributed by atoms with Gasteiger partial charge in [0.1, 0.15) is 54.5 Å². The first-order valence-corrected chi connectivity index (χ1v) is 46.9. The Morgan fingerprint density at radius 3 is 1.13 bits per heavy atom. The Hall–Kier alpha value is -13.7. The molecule has 8 aliphatic heterocycles. The number of halogens is 1. The van der Waals surface area contributed by atoms with E-state index in [9.17, 15) is 83.0 Å². The normalized spacial score (nSPS) is 20.8. The van der Waals surface area contributed by atoms with Gasteiger partial charge in [0.15, 0.2) is 85.9 Å². The average molecular weight is 1890 g/mol. The molecule has 7 amide bonds. The molecule has 0 radical (unpaired) electrons. The molecule has 131 heavy (non-hydrogen) atoms. The van der Waals surface area contributed by atoms with Crippen molar-refractivity contribution in [3.8, 4) is 5.75 Å². The Kier molecular flexibility index (Phi) is 31.4. The van der Waals surface area contributed by atoms with Gasteiger partial charge in [-0.05, 0) is 120 Å². The maximum absolute atomic E-state index is 12.8. The van der Waals surface area contributed by atoms with Crippen LogP contribution in [0, 0.1) is 29.5 Å². The third kappa shape index (κ3) is 25.9. The molecule has 18 rings (SSSR count). The molecule has 4 aromatic carbocycles. The number of rotatable bonds is 27. The predicted molar refractivity (Wildman–Crippen MR) is 472 cm³/mol. The number of aromatic nitrogens is 10. The second-order valence-corrected chi connectivity index (χ2v) is 36.8. The molecule has 38 nitrogen and oxygen atoms in total. The summed E-state index contributed by atoms with van der Waals surface area (Å²) in [6.07, 6.45) is 27.1. The van der Waals surface area contributed by atoms with Gasteiger partial charge in [0, 0.05) is 157 Å². The van der Waals surface area contributed by atoms with E-state index in [2.05, 4.69) is 61.2 Å². The fraction of sp³-hybridized carbons (Fsp3) is 0.299. The molecule has 5 aromatic heterocycles. The van der Waals surface area contributed by atoms with E-state index in [-0.39, 0.29) is 129 Å². The Morgan fingerprint density at radius 1 is 0.397 bits per heavy atom. The highest BCUT2D eigenvalue weighted by atomic mass is 32.2. The number of likely N-dealkylation sites (tertiary alicyclic amines) is 2. The van der Waals surface area contributed by atoms with E-state index in [1.165, 1.54) is 108 Å². The predicted octanol–water partition coefficient (Wildman–Crippen LogP) is 5.48. The Balaban J connectivity index is 0.000000133. The number of Topliss-reactive ketones (excluding diaryl/α,β-unsaturated/α-hetero) is 5. The van der Waals surface area contributed by atoms with Crippen LogP contribution < -0.4 is 28.3 Å². The van der Waals surface area contributed by atoms with Crippen molar-refractivity contribution in [2.75, 3.05) is 46.0 Å². The van der Waals surface area contributed by atoms with Gasteiger partial charge in [0.2, 0.25) is 0 Å². The van der Waals surface area contributed by atoms with Gasteiger partial charge >= 0.3 is 12.2 Å². The lowest BCUT2D eigenvalue weighted by atomic mass is 9.90. The molecule has 1 aliphatic carbocycles. The first kappa shape index (κ1) is 93.5. The average Bonchev–Trinajstić information content (AvgIpc) is 1.64. The Morgan fingerprint density at radius 2 is 0.748 bits per heavy atom. The first-order valence-electron chi connectivity index (χ1n) is 41.2. The van der Waals surface area contributed by atoms with Crippen LogP contribution in [0.1, 0.15) is 95.4 Å². The second-order valence-electron chi connectivity index (χ2n) is 31.0. The van der Waals surface area contributed by atoms with Crippen LogP contribution in [0.5, 0.6) is 5.75 Å². The second kappa shape index (κ2) is 44.1. The van der Waals surface area contributed by atoms with E-state index in [1.807, 2.05) is 78.9 Å². The summed E-state index contributed by atoms with van der Waals surface area (Å²) in [4.78, 5) is 146. The third-order valence-corrected chi connectivity index (χ3v) is 26.8. The number of hydrogen-bond donors (Lipinski definition) is 5. The number of carbonyl (C=O) groups excluding carboxylic acids is 12. The van der Waals surface area contributed by atoms with Crippen molar-refractivity contribution < 1.29 is 102 Å². The summed E-state index contributed by atoms with van der Waals surface area (Å²) in [5, 5.41) is 21.6. The summed E-state index contributed by atoms with van der Waals surface area (Å²) in [6.45, 7) is 3.37. The van der Waals surface area contributed by atoms with Crippen LogP contribution in [0.15, 0.2) is 208 Å². The van der Waals surface area contributed by atoms with Crippen LogP contribution >= 0.6 is 0 Å². The van der Waals surface area contributed by atoms with E-state index in [0.29, 0.717) is 99.9 Å². The van der Waals surface area contributed by atoms with Crippen molar-refractivity contribution in [3.63, 3.8) is 0 Å². The highest BCUT2D eigenvalue weighted by Gasteiger charge is 2.44. The zero-order chi connectivity index (χ0) is 92.2. The van der Waals surface area contributed by atoms with Crippen molar-refractivity contribution >= 4 is 151 Å². The van der Waals surface area contributed by atoms with E-state index in [1.54, 1.807) is 47.0 Å². The van der Waals surface area contributed by atoms with E-state index < -0.39 is 90.6 Å². The fourth-order valence-corrected chi connectivity index (χ4v) is 18.9. The first-order chi connectivity index (χ1) is 63.2. The standard InChI is InChI=1S/2C21H22N4O5S.C17H15N3O3S.C15H12FN3O4S.C13H15N3O4S/c26-18(9-16-11-22-25(12-16)20-10-19(27)23-31(20)29)17-7-4-8-24(13-17)21(28)30-14-15-5-2-1-3-6-15;26-18(10-16-12-22-25(13-16)20-11-19(27)23-31(20)29)17-6-8-24(9-7-17)21(28)30-14-15-4-2-1-3-5-15;21-15(14-7-13(14)12-4-2-1-3-5-12)6-11-9-18-20(10-11)17-8-16(22)19-24(17)23;16-11-1-3-13(4-2-11)23-9-12(20)5-10-7-17-19(8-10)15-6-14(21)18-24(15)22;17-11(10-1-3-20-4-2-10)5-9-7-14-16(8-9)13-6-12(18)15-21(13)19/h1-3,5-6,10-12,17H,4,7-9,13-14H2,(H,23,27);1-5,11-13,17H,6-10,14H2,(H,23,27);1-5,8-10,13-14H,6-7H2,(H,19,22);1-4,6-8H,5,9H2,(H,18,21);6-8,10H,1-5H2,(H,15,18)/t;;13-,14+,24?;;/m..1../s1. The number of hydrogen-bond acceptors (Lipinski definition) is 26. The molecule has 6 unspecified atom stereocenters. The molecule has 3 saturated heterocycles. The zero-order valence-corrected chi connectivity index (χ0v) is 73.8. The van der Waals surface area contributed by atoms with Gasteiger partial charge in [-0.1, -0.05) is 91.0 Å². The number of piperidine rings is 2. The molecule has 5 N–H and O–H groups in total. The van der Waals surface area contributed by atoms with Gasteiger partial charge in [-0.25, -0.2) is 58.4 Å². The summed E-state index contributed by atoms with van der Waals surface area (Å²) in [7, 11) is -8.12. The molecule has 9 aromatic rings. The van der Waals surface area contributed by atoms with Gasteiger partial charge < -0.3 is 28.7 Å². The molecule has 9 aliphatic rings. The lowest BCUT2D eigenvalue weighted by molar-refractivity contribution is -0.125. The number of benzene rings is 4. The molecule has 44 heteroatoms. The van der Waals surface area contributed by atoms with Crippen molar-refractivity contribution in [2.24, 2.45) is 23.7 Å². The maximum Gasteiger partial charge on any atom is 0.410 e. The van der Waals surface area contributed by atoms with Crippen LogP contribution in [0.25, 0.3) is 25.1 Å². The van der Waals surface area contributed by atoms with Crippen LogP contribution in [0.4, 0.5) is 14.0 Å². The molecule has 4 fully saturated rings. The van der Waals surface area contributed by atoms with Gasteiger partial charge in [0.25, 0.3) is 29.5 Å². The molecular formula is C87H86FN17O21S5. The zero-order valence-electron chi connectivity index (χ0n) is 69.7. The summed E-state index contributed by atoms with van der Waals surface area (Å²) in [5.74, 6) is -1.84. The van der Waals surface area contributed by atoms with Gasteiger partial charge in [0.05, 0.1) is 31.0 Å². The van der Waals surface area contributed by atoms with Gasteiger partial charge in [-0.3, -0.25) is 71.6 Å². The van der Waals surface area contributed by atoms with Crippen LogP contribution in [-0.4, -0.2) is 196 Å². The summed E-state index contributed by atoms with van der Waals surface area (Å²) in [5.41, 5.74) is 6.51. The minimum atomic E-state index is -1.65. The summed E-state index contributed by atoms with van der Waals surface area (Å²) < 4.78 is 111. The molecule has 1 saturated carbocycles. The van der Waals surface area contributed by atoms with E-state index in [4.69, 9.17) is 18.9 Å². The van der Waals surface area contributed by atoms with Crippen LogP contribution in [0.3, 0.4) is 0 Å². The quantitative estimate of drug-likeness (QED) is 0.0425. The molecule has 8 atom stereocenters. The van der Waals surface area contributed by atoms with Crippen molar-refractivity contribution in [1.29, 1.82) is 0 Å². The molecule has 13 heterocycles. The van der Waals surface area contributed by atoms with Crippen molar-refractivity contribution in [3.05, 3.63) is 258 Å². The Bertz CT molecular complexity index is 6130. The summed E-state index contributed by atoms with van der Waals surface area (Å²) in [6, 6.07) is 34.4. The highest BCUT2D eigenvalue weighted by molar-refractivity contribution is 7.94. The van der Waals surface area contributed by atoms with E-state index >= 15 is 0 Å². The van der Waals surface area contributed by atoms with Gasteiger partial charge in [-0.2, -0.15) is 25.5 Å². The monoisotopic (exact) mass is 1880 g/mol. The van der Waals surface area contributed by atoms with Crippen molar-refractivity contribution in [1.82, 2.24) is 82.3 Å². The van der Waals surface area contributed by atoms with E-state index in [0.717, 1.165) is 47.9 Å². The lowest BCUT2D eigenvalue weighted by Gasteiger charge is -2.31. The lowest BCUT2D eigenvalue weighted by Crippen LogP contribution is -2.42. The SMILES string of the molecule is O=C(COc1ccc(F)cc1)Cc1cnn(C2=CC(=O)NS2=O)c1.O=C1C=C(n2cc(CC(=O)C3CCCN(C(=O)OCc4ccccc4)C3)cn2)S(=O)N1.O=C1C=C(n2cc(CC(=O)C3CCN(C(=O)OCc4ccccc4)CC3)cn2)S(=O)N1.O=C1C=C(n2cc(CC(=O)C3CCOCC3)cn2)S(=O)N1.O=C1C=C(n2cc(CC(=O)[C@H]3C[C@@H]3c3ccccc3)cn2)S(=O)N1. The fourth-order valence-electron chi connectivity index (χ4n) is 14.7. The van der Waals surface area contributed by atoms with Gasteiger partial charge in [-0.15, -0.1) is 0 Å². The third-order valence-electron chi connectivity index (χ3n) is 21.5. The van der Waals surface area contributed by atoms with Crippen molar-refractivity contribution in [2.45, 2.75) is 96.2 Å². The smallest absolute Gasteiger partial charge is 0.410 e. The minimum absolute atomic E-state index is 0.0100. The number of ketones is 5. The van der Waals surface area contributed by atoms with Crippen LogP contribution in [0.2, 0.25) is 0 Å². The number of nitrogens with one attached hydrogen (secondary N) is 5. The molecule has 0 bridgehead atoms. The minimum Gasteiger partial charge on any atom is -0.486 e. The number of carbonyl (C=O) groups is 12. The molecular weight excluding hydrogens is 1800 g/mol. The Labute approximate surface area is 759 Å². The summed E-state index contributed by atoms with van der Waals surface area (Å²) >= 11 is 0. The number of nitrogens with zero attached hydrogens (tertiary/aromatic N) is 12.